The number of benzene rings is 1. The smallest absolute Gasteiger partial charge is 0.262 e. The van der Waals surface area contributed by atoms with Gasteiger partial charge in [-0.2, -0.15) is 17.5 Å². The number of rotatable bonds is 22. The van der Waals surface area contributed by atoms with E-state index in [2.05, 4.69) is 105 Å². The number of carbonyl (C=O) groups excluding carboxylic acids is 4. The minimum absolute atomic E-state index is 0.138. The van der Waals surface area contributed by atoms with Gasteiger partial charge in [0.15, 0.2) is 0 Å². The molecule has 0 unspecified atom stereocenters. The van der Waals surface area contributed by atoms with Crippen LogP contribution < -0.4 is 0 Å². The molecule has 0 fully saturated rings. The number of aromatic nitrogens is 2. The van der Waals surface area contributed by atoms with Crippen LogP contribution in [0.1, 0.15) is 20.7 Å². The van der Waals surface area contributed by atoms with Gasteiger partial charge >= 0.3 is 0 Å². The molecule has 16 nitrogen and oxygen atoms in total. The molecule has 0 radical (unpaired) electrons. The van der Waals surface area contributed by atoms with Gasteiger partial charge in [0.1, 0.15) is 22.4 Å². The van der Waals surface area contributed by atoms with E-state index in [4.69, 9.17) is 28.4 Å². The van der Waals surface area contributed by atoms with Crippen molar-refractivity contribution in [1.29, 1.82) is 0 Å². The number of nitrogens with zero attached hydrogens (tertiary/aromatic N) is 6. The van der Waals surface area contributed by atoms with Crippen molar-refractivity contribution in [3.63, 3.8) is 0 Å². The SMILES string of the molecule is Brc1ccc(-c2sc(-c3ccc(Br)s3)c3c2N=S=N3)s1.COCCOCCOCCN1C(=O)C=CC1=O.COCCOCCOCCN1C(=O)c2c(c(-c3ccc(Br)s3)c3nsnc3c2-c2ccc(Br)s2)C1=O. The van der Waals surface area contributed by atoms with E-state index < -0.39 is 0 Å². The Morgan fingerprint density at radius 3 is 1.21 bits per heavy atom. The molecule has 4 amide bonds. The fourth-order valence-electron chi connectivity index (χ4n) is 7.16. The molecular formula is C46H40Br4N6O10S7. The maximum atomic E-state index is 13.8. The summed E-state index contributed by atoms with van der Waals surface area (Å²) in [5.41, 5.74) is 5.34. The Morgan fingerprint density at radius 1 is 0.452 bits per heavy atom. The fraction of sp³-hybridized carbons (Fsp3) is 0.304. The predicted octanol–water partition coefficient (Wildman–Crippen LogP) is 13.0. The van der Waals surface area contributed by atoms with E-state index in [1.807, 2.05) is 24.3 Å². The number of hydrogen-bond acceptors (Lipinski definition) is 20. The lowest BCUT2D eigenvalue weighted by Crippen LogP contribution is -2.33. The van der Waals surface area contributed by atoms with Gasteiger partial charge in [0, 0.05) is 57.0 Å². The van der Waals surface area contributed by atoms with Gasteiger partial charge in [-0.1, -0.05) is 0 Å². The van der Waals surface area contributed by atoms with E-state index in [1.165, 1.54) is 70.6 Å². The topological polar surface area (TPSA) is 181 Å². The fourth-order valence-corrected chi connectivity index (χ4v) is 15.4. The second-order valence-corrected chi connectivity index (χ2v) is 26.9. The van der Waals surface area contributed by atoms with Crippen LogP contribution in [-0.2, 0) is 49.4 Å². The second kappa shape index (κ2) is 27.4. The minimum atomic E-state index is -0.346. The highest BCUT2D eigenvalue weighted by molar-refractivity contribution is 9.11. The lowest BCUT2D eigenvalue weighted by molar-refractivity contribution is -0.137. The van der Waals surface area contributed by atoms with Gasteiger partial charge in [-0.3, -0.25) is 29.0 Å². The molecular weight excluding hydrogens is 1340 g/mol. The van der Waals surface area contributed by atoms with Crippen LogP contribution in [-0.4, -0.2) is 136 Å². The number of carbonyl (C=O) groups is 4. The van der Waals surface area contributed by atoms with Gasteiger partial charge in [-0.05, 0) is 112 Å². The Balaban J connectivity index is 0.000000162. The van der Waals surface area contributed by atoms with Crippen LogP contribution in [0, 0.1) is 0 Å². The van der Waals surface area contributed by atoms with Gasteiger partial charge < -0.3 is 28.4 Å². The molecule has 73 heavy (non-hydrogen) atoms. The quantitative estimate of drug-likeness (QED) is 0.0463. The molecule has 27 heteroatoms. The van der Waals surface area contributed by atoms with Crippen molar-refractivity contribution >= 4 is 190 Å². The number of halogens is 4. The largest absolute Gasteiger partial charge is 0.382 e. The Kier molecular flexibility index (Phi) is 21.1. The third kappa shape index (κ3) is 13.8. The zero-order valence-corrected chi connectivity index (χ0v) is 50.5. The molecule has 9 heterocycles. The van der Waals surface area contributed by atoms with Gasteiger partial charge in [0.05, 0.1) is 138 Å². The van der Waals surface area contributed by atoms with Crippen LogP contribution in [0.15, 0.2) is 84.6 Å². The first-order valence-electron chi connectivity index (χ1n) is 21.8. The Morgan fingerprint density at radius 2 is 0.822 bits per heavy atom. The summed E-state index contributed by atoms with van der Waals surface area (Å²) in [5, 5.41) is 0. The van der Waals surface area contributed by atoms with E-state index in [-0.39, 0.29) is 43.3 Å². The van der Waals surface area contributed by atoms with Crippen LogP contribution in [0.3, 0.4) is 0 Å². The number of thiophene rings is 5. The zero-order chi connectivity index (χ0) is 51.4. The average molecular weight is 1380 g/mol. The van der Waals surface area contributed by atoms with Crippen molar-refractivity contribution in [3.8, 4) is 40.4 Å². The minimum Gasteiger partial charge on any atom is -0.382 e. The molecule has 0 saturated heterocycles. The van der Waals surface area contributed by atoms with Gasteiger partial charge in [-0.15, -0.1) is 56.7 Å². The Hall–Kier alpha value is -2.94. The number of amides is 4. The van der Waals surface area contributed by atoms with Crippen molar-refractivity contribution in [2.24, 2.45) is 8.73 Å². The first kappa shape index (κ1) is 56.3. The molecule has 0 N–H and O–H groups in total. The van der Waals surface area contributed by atoms with Crippen molar-refractivity contribution < 1.29 is 47.6 Å². The highest BCUT2D eigenvalue weighted by Gasteiger charge is 2.43. The van der Waals surface area contributed by atoms with E-state index in [0.29, 0.717) is 92.7 Å². The van der Waals surface area contributed by atoms with Gasteiger partial charge in [-0.25, -0.2) is 0 Å². The molecule has 7 aromatic rings. The summed E-state index contributed by atoms with van der Waals surface area (Å²) in [6.07, 6.45) is 2.52. The average Bonchev–Trinajstić information content (AvgIpc) is 4.24. The van der Waals surface area contributed by atoms with Crippen LogP contribution in [0.5, 0.6) is 0 Å². The van der Waals surface area contributed by atoms with Crippen molar-refractivity contribution in [2.75, 3.05) is 93.4 Å². The Bertz CT molecular complexity index is 3030. The molecule has 3 aliphatic rings. The first-order chi connectivity index (χ1) is 35.5. The monoisotopic (exact) mass is 1380 g/mol. The number of hydrogen-bond donors (Lipinski definition) is 0. The van der Waals surface area contributed by atoms with Crippen molar-refractivity contribution in [1.82, 2.24) is 18.5 Å². The third-order valence-corrected chi connectivity index (χ3v) is 19.5. The van der Waals surface area contributed by atoms with Gasteiger partial charge in [0.2, 0.25) is 0 Å². The lowest BCUT2D eigenvalue weighted by atomic mass is 9.93. The van der Waals surface area contributed by atoms with Crippen LogP contribution in [0.4, 0.5) is 11.4 Å². The van der Waals surface area contributed by atoms with E-state index in [0.717, 1.165) is 52.9 Å². The number of methoxy groups -OCH3 is 2. The molecule has 384 valence electrons. The maximum absolute atomic E-state index is 13.8. The molecule has 10 rings (SSSR count). The molecule has 0 atom stereocenters. The summed E-state index contributed by atoms with van der Waals surface area (Å²) >= 11 is 24.6. The maximum Gasteiger partial charge on any atom is 0.262 e. The predicted molar refractivity (Wildman–Crippen MR) is 306 cm³/mol. The lowest BCUT2D eigenvalue weighted by Gasteiger charge is -2.14. The molecule has 3 aliphatic heterocycles. The summed E-state index contributed by atoms with van der Waals surface area (Å²) < 4.78 is 53.4. The van der Waals surface area contributed by atoms with E-state index in [1.54, 1.807) is 48.2 Å². The van der Waals surface area contributed by atoms with Crippen LogP contribution in [0.25, 0.3) is 51.4 Å². The Labute approximate surface area is 480 Å². The van der Waals surface area contributed by atoms with Crippen molar-refractivity contribution in [2.45, 2.75) is 0 Å². The number of imide groups is 2. The first-order valence-corrected chi connectivity index (χ1v) is 30.5. The molecule has 6 aromatic heterocycles. The van der Waals surface area contributed by atoms with Crippen LogP contribution >= 0.6 is 132 Å². The highest BCUT2D eigenvalue weighted by atomic mass is 79.9. The molecule has 0 spiro atoms. The molecule has 1 aromatic carbocycles. The van der Waals surface area contributed by atoms with Gasteiger partial charge in [0.25, 0.3) is 23.6 Å². The molecule has 0 saturated carbocycles. The standard InChI is InChI=1S/C23H19Br2N3O5S3.C12H4Br2N2S4.C11H17NO5/c1-31-8-9-33-11-10-32-7-6-28-22(29)18-16(12-2-4-14(24)34-12)20-21(27-36-26-20)17(19(18)23(28)30)13-3-5-15(25)35-13;13-7-3-1-5(17-7)11-9-10(16-20-15-9)12(19-11)6-2-4-8(14)18-6;1-15-6-7-17-9-8-16-5-4-12-10(13)2-3-11(12)14/h2-5H,6-11H2,1H3;1-4H;2-3H,4-9H2,1H3. The summed E-state index contributed by atoms with van der Waals surface area (Å²) in [7, 11) is 3.22. The summed E-state index contributed by atoms with van der Waals surface area (Å²) in [6, 6.07) is 16.1. The highest BCUT2D eigenvalue weighted by Crippen LogP contribution is 2.56. The third-order valence-electron chi connectivity index (χ3n) is 10.4. The molecule has 0 aliphatic carbocycles. The van der Waals surface area contributed by atoms with E-state index >= 15 is 0 Å². The van der Waals surface area contributed by atoms with Crippen LogP contribution in [0.2, 0.25) is 0 Å². The number of fused-ring (bicyclic) bond motifs is 3. The van der Waals surface area contributed by atoms with E-state index in [9.17, 15) is 19.2 Å². The molecule has 0 bridgehead atoms. The number of ether oxygens (including phenoxy) is 6. The zero-order valence-electron chi connectivity index (χ0n) is 38.4. The van der Waals surface area contributed by atoms with Crippen molar-refractivity contribution in [3.05, 3.63) is 87.0 Å². The normalized spacial score (nSPS) is 13.6. The summed E-state index contributed by atoms with van der Waals surface area (Å²) in [5.74, 6) is -1.26. The second-order valence-electron chi connectivity index (χ2n) is 15.0. The summed E-state index contributed by atoms with van der Waals surface area (Å²) in [6.45, 7) is 4.74. The summed E-state index contributed by atoms with van der Waals surface area (Å²) in [4.78, 5) is 58.8.